The molecule has 0 saturated carbocycles. The second-order valence-electron chi connectivity index (χ2n) is 3.54. The summed E-state index contributed by atoms with van der Waals surface area (Å²) in [6, 6.07) is 0. The van der Waals surface area contributed by atoms with E-state index in [1.807, 2.05) is 0 Å². The van der Waals surface area contributed by atoms with E-state index < -0.39 is 5.97 Å². The lowest BCUT2D eigenvalue weighted by molar-refractivity contribution is -0.137. The lowest BCUT2D eigenvalue weighted by atomic mass is 10.1. The number of carboxylic acids is 1. The molecule has 72 valence electrons. The van der Waals surface area contributed by atoms with Gasteiger partial charge in [0.2, 0.25) is 0 Å². The third-order valence-electron chi connectivity index (χ3n) is 1.63. The molecule has 0 unspecified atom stereocenters. The van der Waals surface area contributed by atoms with E-state index in [0.29, 0.717) is 5.92 Å². The molecule has 0 aliphatic carbocycles. The molecule has 1 heterocycles. The van der Waals surface area contributed by atoms with Crippen LogP contribution in [0.4, 0.5) is 0 Å². The molecule has 0 bridgehead atoms. The average molecular weight is 182 g/mol. The van der Waals surface area contributed by atoms with Gasteiger partial charge >= 0.3 is 5.97 Å². The maximum absolute atomic E-state index is 10.3. The molecule has 1 N–H and O–H groups in total. The van der Waals surface area contributed by atoms with Crippen LogP contribution in [0.3, 0.4) is 0 Å². The highest BCUT2D eigenvalue weighted by Gasteiger charge is 2.03. The number of hydrogen-bond donors (Lipinski definition) is 1. The average Bonchev–Trinajstić information content (AvgIpc) is 2.33. The minimum atomic E-state index is -0.862. The molecule has 0 fully saturated rings. The fourth-order valence-corrected chi connectivity index (χ4v) is 1.21. The van der Waals surface area contributed by atoms with Crippen molar-refractivity contribution in [2.75, 3.05) is 0 Å². The molecule has 13 heavy (non-hydrogen) atoms. The van der Waals surface area contributed by atoms with Gasteiger partial charge in [-0.1, -0.05) is 13.8 Å². The topological polar surface area (TPSA) is 55.1 Å². The minimum Gasteiger partial charge on any atom is -0.480 e. The summed E-state index contributed by atoms with van der Waals surface area (Å²) in [7, 11) is 0. The molecule has 1 rings (SSSR count). The molecule has 4 heteroatoms. The van der Waals surface area contributed by atoms with Crippen molar-refractivity contribution < 1.29 is 9.90 Å². The van der Waals surface area contributed by atoms with E-state index in [1.54, 1.807) is 12.4 Å². The zero-order valence-electron chi connectivity index (χ0n) is 7.90. The lowest BCUT2D eigenvalue weighted by Gasteiger charge is -1.99. The normalized spacial score (nSPS) is 10.7. The number of aliphatic carboxylic acids is 1. The SMILES string of the molecule is CC(C)Cc1cnn(CC(=O)O)c1. The Morgan fingerprint density at radius 2 is 2.38 bits per heavy atom. The predicted octanol–water partition coefficient (Wildman–Crippen LogP) is 1.17. The molecule has 4 nitrogen and oxygen atoms in total. The molecule has 0 amide bonds. The summed E-state index contributed by atoms with van der Waals surface area (Å²) in [5, 5.41) is 12.4. The molecule has 0 spiro atoms. The summed E-state index contributed by atoms with van der Waals surface area (Å²) in [5.41, 5.74) is 1.09. The van der Waals surface area contributed by atoms with Crippen molar-refractivity contribution in [3.05, 3.63) is 18.0 Å². The van der Waals surface area contributed by atoms with Crippen molar-refractivity contribution in [3.63, 3.8) is 0 Å². The van der Waals surface area contributed by atoms with Crippen molar-refractivity contribution in [3.8, 4) is 0 Å². The lowest BCUT2D eigenvalue weighted by Crippen LogP contribution is -2.08. The van der Waals surface area contributed by atoms with Crippen molar-refractivity contribution in [1.82, 2.24) is 9.78 Å². The number of carbonyl (C=O) groups is 1. The maximum Gasteiger partial charge on any atom is 0.325 e. The van der Waals surface area contributed by atoms with Gasteiger partial charge in [0.1, 0.15) is 6.54 Å². The van der Waals surface area contributed by atoms with Crippen LogP contribution in [0.5, 0.6) is 0 Å². The van der Waals surface area contributed by atoms with E-state index >= 15 is 0 Å². The first-order chi connectivity index (χ1) is 6.08. The highest BCUT2D eigenvalue weighted by Crippen LogP contribution is 2.06. The Morgan fingerprint density at radius 3 is 2.92 bits per heavy atom. The Kier molecular flexibility index (Phi) is 3.06. The van der Waals surface area contributed by atoms with E-state index in [9.17, 15) is 4.79 Å². The Hall–Kier alpha value is -1.32. The van der Waals surface area contributed by atoms with Crippen LogP contribution in [0.1, 0.15) is 19.4 Å². The van der Waals surface area contributed by atoms with Gasteiger partial charge in [-0.25, -0.2) is 0 Å². The Labute approximate surface area is 77.2 Å². The van der Waals surface area contributed by atoms with E-state index in [4.69, 9.17) is 5.11 Å². The second-order valence-corrected chi connectivity index (χ2v) is 3.54. The van der Waals surface area contributed by atoms with Crippen LogP contribution in [-0.2, 0) is 17.8 Å². The predicted molar refractivity (Wildman–Crippen MR) is 48.4 cm³/mol. The third kappa shape index (κ3) is 3.27. The molecule has 1 aromatic heterocycles. The largest absolute Gasteiger partial charge is 0.480 e. The molecule has 0 aromatic carbocycles. The summed E-state index contributed by atoms with van der Waals surface area (Å²) in [4.78, 5) is 10.3. The fraction of sp³-hybridized carbons (Fsp3) is 0.556. The maximum atomic E-state index is 10.3. The second kappa shape index (κ2) is 4.07. The van der Waals surface area contributed by atoms with Crippen LogP contribution in [-0.4, -0.2) is 20.9 Å². The Morgan fingerprint density at radius 1 is 1.69 bits per heavy atom. The number of rotatable bonds is 4. The molecule has 0 atom stereocenters. The molecule has 1 aromatic rings. The van der Waals surface area contributed by atoms with Gasteiger partial charge in [-0.05, 0) is 17.9 Å². The van der Waals surface area contributed by atoms with Gasteiger partial charge in [-0.2, -0.15) is 5.10 Å². The number of aromatic nitrogens is 2. The minimum absolute atomic E-state index is 0.0574. The van der Waals surface area contributed by atoms with Gasteiger partial charge < -0.3 is 5.11 Å². The zero-order chi connectivity index (χ0) is 9.84. The molecular weight excluding hydrogens is 168 g/mol. The summed E-state index contributed by atoms with van der Waals surface area (Å²) in [5.74, 6) is -0.290. The van der Waals surface area contributed by atoms with Gasteiger partial charge in [0, 0.05) is 6.20 Å². The summed E-state index contributed by atoms with van der Waals surface area (Å²) in [6.07, 6.45) is 4.46. The van der Waals surface area contributed by atoms with Crippen LogP contribution in [0.25, 0.3) is 0 Å². The first-order valence-corrected chi connectivity index (χ1v) is 4.31. The van der Waals surface area contributed by atoms with E-state index in [2.05, 4.69) is 18.9 Å². The first kappa shape index (κ1) is 9.77. The quantitative estimate of drug-likeness (QED) is 0.760. The smallest absolute Gasteiger partial charge is 0.325 e. The van der Waals surface area contributed by atoms with E-state index in [1.165, 1.54) is 4.68 Å². The van der Waals surface area contributed by atoms with Crippen molar-refractivity contribution >= 4 is 5.97 Å². The molecule has 0 aliphatic heterocycles. The van der Waals surface area contributed by atoms with Gasteiger partial charge in [0.05, 0.1) is 6.20 Å². The van der Waals surface area contributed by atoms with Gasteiger partial charge in [-0.3, -0.25) is 9.48 Å². The number of nitrogens with zero attached hydrogens (tertiary/aromatic N) is 2. The summed E-state index contributed by atoms with van der Waals surface area (Å²) in [6.45, 7) is 4.18. The molecule has 0 radical (unpaired) electrons. The van der Waals surface area contributed by atoms with Crippen LogP contribution >= 0.6 is 0 Å². The fourth-order valence-electron chi connectivity index (χ4n) is 1.21. The Balaban J connectivity index is 2.58. The number of hydrogen-bond acceptors (Lipinski definition) is 2. The zero-order valence-corrected chi connectivity index (χ0v) is 7.90. The van der Waals surface area contributed by atoms with Crippen LogP contribution in [0, 0.1) is 5.92 Å². The van der Waals surface area contributed by atoms with Crippen molar-refractivity contribution in [1.29, 1.82) is 0 Å². The monoisotopic (exact) mass is 182 g/mol. The molecule has 0 aliphatic rings. The Bertz CT molecular complexity index is 292. The van der Waals surface area contributed by atoms with E-state index in [-0.39, 0.29) is 6.54 Å². The van der Waals surface area contributed by atoms with Gasteiger partial charge in [0.15, 0.2) is 0 Å². The van der Waals surface area contributed by atoms with Crippen LogP contribution in [0.2, 0.25) is 0 Å². The first-order valence-electron chi connectivity index (χ1n) is 4.31. The standard InChI is InChI=1S/C9H14N2O2/c1-7(2)3-8-4-10-11(5-8)6-9(12)13/h4-5,7H,3,6H2,1-2H3,(H,12,13). The van der Waals surface area contributed by atoms with Crippen LogP contribution in [0.15, 0.2) is 12.4 Å². The van der Waals surface area contributed by atoms with E-state index in [0.717, 1.165) is 12.0 Å². The molecular formula is C9H14N2O2. The molecule has 0 saturated heterocycles. The third-order valence-corrected chi connectivity index (χ3v) is 1.63. The van der Waals surface area contributed by atoms with Crippen molar-refractivity contribution in [2.24, 2.45) is 5.92 Å². The number of carboxylic acid groups (broad SMARTS) is 1. The summed E-state index contributed by atoms with van der Waals surface area (Å²) >= 11 is 0. The van der Waals surface area contributed by atoms with Crippen molar-refractivity contribution in [2.45, 2.75) is 26.8 Å². The van der Waals surface area contributed by atoms with Crippen LogP contribution < -0.4 is 0 Å². The highest BCUT2D eigenvalue weighted by molar-refractivity contribution is 5.66. The van der Waals surface area contributed by atoms with Gasteiger partial charge in [-0.15, -0.1) is 0 Å². The highest BCUT2D eigenvalue weighted by atomic mass is 16.4. The summed E-state index contributed by atoms with van der Waals surface area (Å²) < 4.78 is 1.44. The van der Waals surface area contributed by atoms with Gasteiger partial charge in [0.25, 0.3) is 0 Å².